The molecular formula is C14H16S. The van der Waals surface area contributed by atoms with E-state index < -0.39 is 0 Å². The van der Waals surface area contributed by atoms with E-state index in [4.69, 9.17) is 0 Å². The van der Waals surface area contributed by atoms with Gasteiger partial charge in [0.25, 0.3) is 0 Å². The second kappa shape index (κ2) is 3.82. The van der Waals surface area contributed by atoms with Crippen LogP contribution in [0.2, 0.25) is 0 Å². The van der Waals surface area contributed by atoms with Crippen molar-refractivity contribution in [3.05, 3.63) is 46.7 Å². The molecule has 1 aromatic heterocycles. The van der Waals surface area contributed by atoms with Gasteiger partial charge in [0.05, 0.1) is 0 Å². The molecule has 1 heterocycles. The van der Waals surface area contributed by atoms with Crippen LogP contribution >= 0.6 is 11.3 Å². The van der Waals surface area contributed by atoms with E-state index in [1.54, 1.807) is 11.3 Å². The van der Waals surface area contributed by atoms with Gasteiger partial charge in [-0.15, -0.1) is 0 Å². The number of rotatable bonds is 1. The van der Waals surface area contributed by atoms with Crippen LogP contribution in [0.15, 0.2) is 41.1 Å². The lowest BCUT2D eigenvalue weighted by molar-refractivity contribution is 0.594. The van der Waals surface area contributed by atoms with E-state index in [9.17, 15) is 0 Å². The van der Waals surface area contributed by atoms with E-state index in [0.29, 0.717) is 0 Å². The topological polar surface area (TPSA) is 0 Å². The van der Waals surface area contributed by atoms with Crippen LogP contribution in [0.3, 0.4) is 0 Å². The fraction of sp³-hybridized carbons (Fsp3) is 0.286. The van der Waals surface area contributed by atoms with Crippen molar-refractivity contribution in [3.8, 4) is 11.1 Å². The summed E-state index contributed by atoms with van der Waals surface area (Å²) in [6, 6.07) is 10.6. The fourth-order valence-corrected chi connectivity index (χ4v) is 2.80. The zero-order valence-electron chi connectivity index (χ0n) is 9.45. The Kier molecular flexibility index (Phi) is 2.66. The van der Waals surface area contributed by atoms with Crippen molar-refractivity contribution >= 4 is 11.3 Å². The van der Waals surface area contributed by atoms with Crippen LogP contribution < -0.4 is 0 Å². The first-order valence-electron chi connectivity index (χ1n) is 5.21. The SMILES string of the molecule is CC(C)(C)c1cscc1-c1ccccc1. The summed E-state index contributed by atoms with van der Waals surface area (Å²) in [6.45, 7) is 6.80. The summed E-state index contributed by atoms with van der Waals surface area (Å²) in [4.78, 5) is 0. The molecular weight excluding hydrogens is 200 g/mol. The zero-order valence-corrected chi connectivity index (χ0v) is 10.3. The largest absolute Gasteiger partial charge is 0.151 e. The van der Waals surface area contributed by atoms with Gasteiger partial charge in [0.15, 0.2) is 0 Å². The third-order valence-corrected chi connectivity index (χ3v) is 3.30. The third kappa shape index (κ3) is 2.13. The molecule has 0 unspecified atom stereocenters. The molecule has 15 heavy (non-hydrogen) atoms. The lowest BCUT2D eigenvalue weighted by Crippen LogP contribution is -2.10. The first kappa shape index (κ1) is 10.4. The molecule has 1 aromatic carbocycles. The van der Waals surface area contributed by atoms with Crippen LogP contribution in [0.25, 0.3) is 11.1 Å². The quantitative estimate of drug-likeness (QED) is 0.647. The van der Waals surface area contributed by atoms with Crippen LogP contribution in [-0.2, 0) is 5.41 Å². The summed E-state index contributed by atoms with van der Waals surface area (Å²) in [5, 5.41) is 4.51. The van der Waals surface area contributed by atoms with Crippen molar-refractivity contribution in [2.75, 3.05) is 0 Å². The van der Waals surface area contributed by atoms with E-state index in [0.717, 1.165) is 0 Å². The van der Waals surface area contributed by atoms with Crippen molar-refractivity contribution in [3.63, 3.8) is 0 Å². The maximum Gasteiger partial charge on any atom is -0.00116 e. The van der Waals surface area contributed by atoms with Gasteiger partial charge in [-0.3, -0.25) is 0 Å². The Hall–Kier alpha value is -1.08. The lowest BCUT2D eigenvalue weighted by atomic mass is 9.85. The van der Waals surface area contributed by atoms with Gasteiger partial charge in [0.1, 0.15) is 0 Å². The summed E-state index contributed by atoms with van der Waals surface area (Å²) >= 11 is 1.79. The van der Waals surface area contributed by atoms with Gasteiger partial charge in [0.2, 0.25) is 0 Å². The van der Waals surface area contributed by atoms with E-state index in [-0.39, 0.29) is 5.41 Å². The molecule has 0 fully saturated rings. The Bertz CT molecular complexity index is 432. The van der Waals surface area contributed by atoms with Crippen molar-refractivity contribution in [1.29, 1.82) is 0 Å². The number of hydrogen-bond donors (Lipinski definition) is 0. The second-order valence-corrected chi connectivity index (χ2v) is 5.56. The molecule has 78 valence electrons. The van der Waals surface area contributed by atoms with Crippen LogP contribution in [0.4, 0.5) is 0 Å². The molecule has 0 aliphatic heterocycles. The van der Waals surface area contributed by atoms with Crippen molar-refractivity contribution in [1.82, 2.24) is 0 Å². The minimum absolute atomic E-state index is 0.227. The van der Waals surface area contributed by atoms with Crippen LogP contribution in [0.5, 0.6) is 0 Å². The summed E-state index contributed by atoms with van der Waals surface area (Å²) in [6.07, 6.45) is 0. The van der Waals surface area contributed by atoms with Crippen molar-refractivity contribution < 1.29 is 0 Å². The van der Waals surface area contributed by atoms with Gasteiger partial charge in [-0.25, -0.2) is 0 Å². The monoisotopic (exact) mass is 216 g/mol. The molecule has 0 saturated heterocycles. The van der Waals surface area contributed by atoms with Crippen LogP contribution in [0, 0.1) is 0 Å². The van der Waals surface area contributed by atoms with Crippen molar-refractivity contribution in [2.24, 2.45) is 0 Å². The Morgan fingerprint density at radius 3 is 2.20 bits per heavy atom. The predicted molar refractivity (Wildman–Crippen MR) is 68.5 cm³/mol. The number of thiophene rings is 1. The van der Waals surface area contributed by atoms with Gasteiger partial charge in [-0.1, -0.05) is 51.1 Å². The Morgan fingerprint density at radius 2 is 1.60 bits per heavy atom. The summed E-state index contributed by atoms with van der Waals surface area (Å²) in [5.41, 5.74) is 4.38. The van der Waals surface area contributed by atoms with E-state index >= 15 is 0 Å². The van der Waals surface area contributed by atoms with E-state index in [1.165, 1.54) is 16.7 Å². The molecule has 0 spiro atoms. The minimum atomic E-state index is 0.227. The molecule has 0 atom stereocenters. The van der Waals surface area contributed by atoms with Gasteiger partial charge < -0.3 is 0 Å². The van der Waals surface area contributed by atoms with Gasteiger partial charge >= 0.3 is 0 Å². The molecule has 0 aliphatic carbocycles. The van der Waals surface area contributed by atoms with E-state index in [1.807, 2.05) is 0 Å². The summed E-state index contributed by atoms with van der Waals surface area (Å²) < 4.78 is 0. The Labute approximate surface area is 95.6 Å². The highest BCUT2D eigenvalue weighted by Crippen LogP contribution is 2.35. The lowest BCUT2D eigenvalue weighted by Gasteiger charge is -2.19. The molecule has 0 bridgehead atoms. The van der Waals surface area contributed by atoms with Gasteiger partial charge in [0, 0.05) is 0 Å². The highest BCUT2D eigenvalue weighted by Gasteiger charge is 2.19. The van der Waals surface area contributed by atoms with Crippen LogP contribution in [0.1, 0.15) is 26.3 Å². The Balaban J connectivity index is 2.51. The highest BCUT2D eigenvalue weighted by molar-refractivity contribution is 7.08. The zero-order chi connectivity index (χ0) is 10.9. The molecule has 0 N–H and O–H groups in total. The molecule has 2 aromatic rings. The summed E-state index contributed by atoms with van der Waals surface area (Å²) in [5.74, 6) is 0. The number of hydrogen-bond acceptors (Lipinski definition) is 1. The highest BCUT2D eigenvalue weighted by atomic mass is 32.1. The minimum Gasteiger partial charge on any atom is -0.151 e. The maximum absolute atomic E-state index is 2.27. The smallest absolute Gasteiger partial charge is 0.00116 e. The predicted octanol–water partition coefficient (Wildman–Crippen LogP) is 4.71. The molecule has 0 amide bonds. The van der Waals surface area contributed by atoms with Crippen LogP contribution in [-0.4, -0.2) is 0 Å². The molecule has 2 rings (SSSR count). The molecule has 0 aliphatic rings. The van der Waals surface area contributed by atoms with Gasteiger partial charge in [-0.2, -0.15) is 11.3 Å². The molecule has 0 radical (unpaired) electrons. The first-order chi connectivity index (χ1) is 7.09. The Morgan fingerprint density at radius 1 is 0.933 bits per heavy atom. The average molecular weight is 216 g/mol. The molecule has 0 saturated carbocycles. The first-order valence-corrected chi connectivity index (χ1v) is 6.15. The molecule has 0 nitrogen and oxygen atoms in total. The normalized spacial score (nSPS) is 11.7. The third-order valence-electron chi connectivity index (χ3n) is 2.55. The molecule has 1 heteroatoms. The number of benzene rings is 1. The second-order valence-electron chi connectivity index (χ2n) is 4.82. The standard InChI is InChI=1S/C14H16S/c1-14(2,3)13-10-15-9-12(13)11-7-5-4-6-8-11/h4-10H,1-3H3. The van der Waals surface area contributed by atoms with Crippen molar-refractivity contribution in [2.45, 2.75) is 26.2 Å². The average Bonchev–Trinajstić information content (AvgIpc) is 2.67. The van der Waals surface area contributed by atoms with Gasteiger partial charge in [-0.05, 0) is 32.9 Å². The van der Waals surface area contributed by atoms with E-state index in [2.05, 4.69) is 61.9 Å². The maximum atomic E-state index is 2.27. The fourth-order valence-electron chi connectivity index (χ4n) is 1.72. The summed E-state index contributed by atoms with van der Waals surface area (Å²) in [7, 11) is 0.